The lowest BCUT2D eigenvalue weighted by molar-refractivity contribution is -0.117. The van der Waals surface area contributed by atoms with Crippen LogP contribution in [0.2, 0.25) is 10.0 Å². The van der Waals surface area contributed by atoms with Gasteiger partial charge in [0.05, 0.1) is 4.90 Å². The van der Waals surface area contributed by atoms with Crippen molar-refractivity contribution < 1.29 is 13.2 Å². The Kier molecular flexibility index (Phi) is 7.46. The molecule has 174 valence electrons. The number of hydrogen-bond acceptors (Lipinski definition) is 7. The molecule has 0 saturated carbocycles. The van der Waals surface area contributed by atoms with Crippen molar-refractivity contribution in [1.29, 1.82) is 0 Å². The lowest BCUT2D eigenvalue weighted by atomic mass is 10.2. The van der Waals surface area contributed by atoms with Crippen LogP contribution >= 0.6 is 23.2 Å². The van der Waals surface area contributed by atoms with E-state index in [1.165, 1.54) is 10.4 Å². The Labute approximate surface area is 195 Å². The topological polar surface area (TPSA) is 131 Å². The standard InChI is InChI=1S/C19H24Cl2N6O4S/c1-12-4-5-13(10-14(12)32(30,31)26-7-3-6-25(2)8-9-26)23-15(28)11-27-19(29)17(21)16(20)18(22)24-27/h4-5,10H,3,6-9,11H2,1-2H3,(H2,22,24)(H,23,28). The number of nitrogens with two attached hydrogens (primary N) is 1. The number of carbonyl (C=O) groups excluding carboxylic acids is 1. The van der Waals surface area contributed by atoms with E-state index in [-0.39, 0.29) is 26.4 Å². The van der Waals surface area contributed by atoms with Crippen LogP contribution in [-0.4, -0.2) is 66.5 Å². The normalized spacial score (nSPS) is 16.0. The summed E-state index contributed by atoms with van der Waals surface area (Å²) in [5.74, 6) is -0.795. The number of rotatable bonds is 5. The number of nitrogens with zero attached hydrogens (tertiary/aromatic N) is 4. The second-order valence-electron chi connectivity index (χ2n) is 7.57. The molecule has 3 rings (SSSR count). The van der Waals surface area contributed by atoms with Crippen molar-refractivity contribution in [2.24, 2.45) is 0 Å². The number of carbonyl (C=O) groups is 1. The fourth-order valence-corrected chi connectivity index (χ4v) is 5.37. The predicted octanol–water partition coefficient (Wildman–Crippen LogP) is 1.41. The zero-order valence-electron chi connectivity index (χ0n) is 17.6. The van der Waals surface area contributed by atoms with Gasteiger partial charge in [-0.2, -0.15) is 9.40 Å². The Morgan fingerprint density at radius 1 is 1.19 bits per heavy atom. The SMILES string of the molecule is Cc1ccc(NC(=O)Cn2nc(N)c(Cl)c(Cl)c2=O)cc1S(=O)(=O)N1CCCN(C)CC1. The predicted molar refractivity (Wildman–Crippen MR) is 124 cm³/mol. The highest BCUT2D eigenvalue weighted by Crippen LogP contribution is 2.25. The summed E-state index contributed by atoms with van der Waals surface area (Å²) in [6.45, 7) is 3.51. The van der Waals surface area contributed by atoms with E-state index in [1.54, 1.807) is 19.1 Å². The molecule has 1 aliphatic heterocycles. The molecule has 1 aliphatic rings. The average molecular weight is 503 g/mol. The van der Waals surface area contributed by atoms with Gasteiger partial charge in [-0.25, -0.2) is 13.1 Å². The van der Waals surface area contributed by atoms with Gasteiger partial charge in [0.2, 0.25) is 15.9 Å². The minimum atomic E-state index is -3.74. The summed E-state index contributed by atoms with van der Waals surface area (Å²) >= 11 is 11.6. The Bertz CT molecular complexity index is 1200. The molecular weight excluding hydrogens is 479 g/mol. The first-order chi connectivity index (χ1) is 15.0. The van der Waals surface area contributed by atoms with Crippen molar-refractivity contribution in [3.8, 4) is 0 Å². The molecule has 2 heterocycles. The Morgan fingerprint density at radius 2 is 1.91 bits per heavy atom. The smallest absolute Gasteiger partial charge is 0.287 e. The molecule has 1 amide bonds. The average Bonchev–Trinajstić information content (AvgIpc) is 2.96. The molecule has 0 radical (unpaired) electrons. The molecular formula is C19H24Cl2N6O4S. The lowest BCUT2D eigenvalue weighted by Gasteiger charge is -2.22. The van der Waals surface area contributed by atoms with E-state index in [4.69, 9.17) is 28.9 Å². The summed E-state index contributed by atoms with van der Waals surface area (Å²) < 4.78 is 28.7. The summed E-state index contributed by atoms with van der Waals surface area (Å²) in [7, 11) is -1.78. The number of nitrogen functional groups attached to an aromatic ring is 1. The third-order valence-electron chi connectivity index (χ3n) is 5.13. The number of hydrogen-bond donors (Lipinski definition) is 2. The van der Waals surface area contributed by atoms with E-state index in [0.717, 1.165) is 17.6 Å². The van der Waals surface area contributed by atoms with Gasteiger partial charge in [0.15, 0.2) is 5.82 Å². The number of aryl methyl sites for hydroxylation is 1. The van der Waals surface area contributed by atoms with Crippen molar-refractivity contribution in [2.45, 2.75) is 24.8 Å². The summed E-state index contributed by atoms with van der Waals surface area (Å²) in [5.41, 5.74) is 5.67. The van der Waals surface area contributed by atoms with Crippen LogP contribution < -0.4 is 16.6 Å². The molecule has 3 N–H and O–H groups in total. The van der Waals surface area contributed by atoms with E-state index < -0.39 is 28.0 Å². The minimum absolute atomic E-state index is 0.119. The summed E-state index contributed by atoms with van der Waals surface area (Å²) in [5, 5.41) is 5.83. The monoisotopic (exact) mass is 502 g/mol. The number of benzene rings is 1. The van der Waals surface area contributed by atoms with Gasteiger partial charge in [0.1, 0.15) is 16.6 Å². The molecule has 0 spiro atoms. The van der Waals surface area contributed by atoms with E-state index in [9.17, 15) is 18.0 Å². The summed E-state index contributed by atoms with van der Waals surface area (Å²) in [6.07, 6.45) is 0.736. The van der Waals surface area contributed by atoms with E-state index >= 15 is 0 Å². The fourth-order valence-electron chi connectivity index (χ4n) is 3.34. The largest absolute Gasteiger partial charge is 0.381 e. The molecule has 32 heavy (non-hydrogen) atoms. The lowest BCUT2D eigenvalue weighted by Crippen LogP contribution is -2.35. The maximum atomic E-state index is 13.2. The van der Waals surface area contributed by atoms with Crippen LogP contribution in [0.1, 0.15) is 12.0 Å². The van der Waals surface area contributed by atoms with Gasteiger partial charge in [-0.3, -0.25) is 9.59 Å². The zero-order valence-corrected chi connectivity index (χ0v) is 20.0. The maximum absolute atomic E-state index is 13.2. The van der Waals surface area contributed by atoms with Crippen molar-refractivity contribution in [3.63, 3.8) is 0 Å². The van der Waals surface area contributed by atoms with Gasteiger partial charge in [0, 0.05) is 25.3 Å². The number of likely N-dealkylation sites (N-methyl/N-ethyl adjacent to an activating group) is 1. The Balaban J connectivity index is 1.82. The molecule has 1 saturated heterocycles. The molecule has 13 heteroatoms. The van der Waals surface area contributed by atoms with E-state index in [2.05, 4.69) is 15.3 Å². The molecule has 0 atom stereocenters. The van der Waals surface area contributed by atoms with E-state index in [1.807, 2.05) is 7.05 Å². The second kappa shape index (κ2) is 9.75. The van der Waals surface area contributed by atoms with Gasteiger partial charge >= 0.3 is 0 Å². The number of anilines is 2. The van der Waals surface area contributed by atoms with Crippen LogP contribution in [0.4, 0.5) is 11.5 Å². The molecule has 2 aromatic rings. The van der Waals surface area contributed by atoms with Gasteiger partial charge in [0.25, 0.3) is 5.56 Å². The third-order valence-corrected chi connectivity index (χ3v) is 8.00. The number of aromatic nitrogens is 2. The Hall–Kier alpha value is -2.18. The van der Waals surface area contributed by atoms with Gasteiger partial charge in [-0.05, 0) is 44.6 Å². The number of nitrogens with one attached hydrogen (secondary N) is 1. The zero-order chi connectivity index (χ0) is 23.6. The first-order valence-electron chi connectivity index (χ1n) is 9.81. The van der Waals surface area contributed by atoms with Gasteiger partial charge < -0.3 is 16.0 Å². The number of halogens is 2. The number of amides is 1. The summed E-state index contributed by atoms with van der Waals surface area (Å²) in [6, 6.07) is 4.62. The second-order valence-corrected chi connectivity index (χ2v) is 10.2. The molecule has 1 fully saturated rings. The van der Waals surface area contributed by atoms with E-state index in [0.29, 0.717) is 25.2 Å². The van der Waals surface area contributed by atoms with Crippen molar-refractivity contribution in [1.82, 2.24) is 19.0 Å². The van der Waals surface area contributed by atoms with Crippen LogP contribution in [0.25, 0.3) is 0 Å². The third kappa shape index (κ3) is 5.24. The molecule has 1 aromatic carbocycles. The van der Waals surface area contributed by atoms with Crippen LogP contribution in [0.3, 0.4) is 0 Å². The number of sulfonamides is 1. The highest BCUT2D eigenvalue weighted by atomic mass is 35.5. The molecule has 10 nitrogen and oxygen atoms in total. The van der Waals surface area contributed by atoms with Crippen LogP contribution in [0.5, 0.6) is 0 Å². The highest BCUT2D eigenvalue weighted by Gasteiger charge is 2.28. The van der Waals surface area contributed by atoms with Crippen LogP contribution in [0.15, 0.2) is 27.9 Å². The molecule has 0 unspecified atom stereocenters. The molecule has 0 aliphatic carbocycles. The summed E-state index contributed by atoms with van der Waals surface area (Å²) in [4.78, 5) is 26.8. The van der Waals surface area contributed by atoms with Gasteiger partial charge in [-0.15, -0.1) is 0 Å². The minimum Gasteiger partial charge on any atom is -0.381 e. The van der Waals surface area contributed by atoms with Crippen molar-refractivity contribution >= 4 is 50.6 Å². The van der Waals surface area contributed by atoms with Crippen molar-refractivity contribution in [2.75, 3.05) is 44.3 Å². The molecule has 1 aromatic heterocycles. The van der Waals surface area contributed by atoms with Crippen LogP contribution in [0, 0.1) is 6.92 Å². The van der Waals surface area contributed by atoms with Gasteiger partial charge in [-0.1, -0.05) is 29.3 Å². The van der Waals surface area contributed by atoms with Crippen LogP contribution in [-0.2, 0) is 21.4 Å². The fraction of sp³-hybridized carbons (Fsp3) is 0.421. The first kappa shape index (κ1) is 24.5. The maximum Gasteiger partial charge on any atom is 0.287 e. The van der Waals surface area contributed by atoms with Crippen molar-refractivity contribution in [3.05, 3.63) is 44.2 Å². The highest BCUT2D eigenvalue weighted by molar-refractivity contribution is 7.89. The quantitative estimate of drug-likeness (QED) is 0.631. The molecule has 0 bridgehead atoms. The Morgan fingerprint density at radius 3 is 2.62 bits per heavy atom. The first-order valence-corrected chi connectivity index (χ1v) is 12.0.